The molecule has 0 unspecified atom stereocenters. The van der Waals surface area contributed by atoms with Crippen molar-refractivity contribution in [2.45, 2.75) is 11.8 Å². The van der Waals surface area contributed by atoms with Crippen molar-refractivity contribution < 1.29 is 13.9 Å². The highest BCUT2D eigenvalue weighted by atomic mass is 79.9. The van der Waals surface area contributed by atoms with Gasteiger partial charge in [-0.1, -0.05) is 15.9 Å². The summed E-state index contributed by atoms with van der Waals surface area (Å²) in [7, 11) is 1.65. The van der Waals surface area contributed by atoms with E-state index in [2.05, 4.69) is 15.9 Å². The molecule has 15 heavy (non-hydrogen) atoms. The van der Waals surface area contributed by atoms with Crippen molar-refractivity contribution >= 4 is 15.9 Å². The molecule has 0 fully saturated rings. The van der Waals surface area contributed by atoms with Gasteiger partial charge in [0, 0.05) is 31.0 Å². The number of alkyl halides is 1. The summed E-state index contributed by atoms with van der Waals surface area (Å²) >= 11 is 3.29. The fourth-order valence-corrected chi connectivity index (χ4v) is 1.62. The molecule has 1 rings (SSSR count). The first kappa shape index (κ1) is 12.5. The highest BCUT2D eigenvalue weighted by Gasteiger charge is 2.03. The molecule has 0 bridgehead atoms. The number of hydrogen-bond acceptors (Lipinski definition) is 2. The average molecular weight is 277 g/mol. The van der Waals surface area contributed by atoms with E-state index in [9.17, 15) is 4.39 Å². The summed E-state index contributed by atoms with van der Waals surface area (Å²) in [6.07, 6.45) is 0.829. The van der Waals surface area contributed by atoms with Gasteiger partial charge < -0.3 is 9.47 Å². The molecule has 0 atom stereocenters. The predicted octanol–water partition coefficient (Wildman–Crippen LogP) is 3.14. The van der Waals surface area contributed by atoms with Crippen LogP contribution in [0.1, 0.15) is 12.0 Å². The van der Waals surface area contributed by atoms with Gasteiger partial charge in [0.15, 0.2) is 0 Å². The van der Waals surface area contributed by atoms with E-state index in [4.69, 9.17) is 9.47 Å². The van der Waals surface area contributed by atoms with Gasteiger partial charge in [0.1, 0.15) is 11.6 Å². The number of benzene rings is 1. The maximum atomic E-state index is 12.9. The fourth-order valence-electron chi connectivity index (χ4n) is 1.18. The highest BCUT2D eigenvalue weighted by Crippen LogP contribution is 2.22. The Morgan fingerprint density at radius 2 is 2.13 bits per heavy atom. The Morgan fingerprint density at radius 1 is 1.33 bits per heavy atom. The Labute approximate surface area is 97.5 Å². The van der Waals surface area contributed by atoms with Crippen molar-refractivity contribution in [2.24, 2.45) is 0 Å². The molecule has 0 saturated heterocycles. The molecule has 1 aromatic rings. The van der Waals surface area contributed by atoms with Crippen molar-refractivity contribution in [1.29, 1.82) is 0 Å². The first-order valence-electron chi connectivity index (χ1n) is 4.74. The van der Waals surface area contributed by atoms with Crippen LogP contribution in [-0.2, 0) is 10.1 Å². The van der Waals surface area contributed by atoms with Crippen LogP contribution in [0.2, 0.25) is 0 Å². The van der Waals surface area contributed by atoms with Gasteiger partial charge >= 0.3 is 0 Å². The van der Waals surface area contributed by atoms with E-state index in [1.54, 1.807) is 13.2 Å². The molecule has 0 aromatic heterocycles. The molecule has 0 N–H and O–H groups in total. The molecule has 84 valence electrons. The maximum Gasteiger partial charge on any atom is 0.123 e. The number of ether oxygens (including phenoxy) is 2. The molecule has 0 aliphatic rings. The predicted molar refractivity (Wildman–Crippen MR) is 61.0 cm³/mol. The molecule has 1 aromatic carbocycles. The summed E-state index contributed by atoms with van der Waals surface area (Å²) in [6.45, 7) is 1.25. The van der Waals surface area contributed by atoms with Crippen molar-refractivity contribution in [3.63, 3.8) is 0 Å². The summed E-state index contributed by atoms with van der Waals surface area (Å²) in [6, 6.07) is 4.52. The van der Waals surface area contributed by atoms with Gasteiger partial charge in [-0.3, -0.25) is 0 Å². The van der Waals surface area contributed by atoms with E-state index in [0.717, 1.165) is 17.7 Å². The van der Waals surface area contributed by atoms with Crippen LogP contribution in [0.5, 0.6) is 5.75 Å². The van der Waals surface area contributed by atoms with Crippen molar-refractivity contribution in [1.82, 2.24) is 0 Å². The topological polar surface area (TPSA) is 18.5 Å². The lowest BCUT2D eigenvalue weighted by atomic mass is 10.2. The standard InChI is InChI=1S/C11H14BrFO2/c1-14-5-2-6-15-11-4-3-10(13)7-9(11)8-12/h3-4,7H,2,5-6,8H2,1H3. The Bertz CT molecular complexity index is 305. The second-order valence-electron chi connectivity index (χ2n) is 3.08. The minimum atomic E-state index is -0.242. The molecule has 0 saturated carbocycles. The Morgan fingerprint density at radius 3 is 2.80 bits per heavy atom. The van der Waals surface area contributed by atoms with E-state index in [-0.39, 0.29) is 5.82 Å². The summed E-state index contributed by atoms with van der Waals surface area (Å²) in [4.78, 5) is 0. The average Bonchev–Trinajstić information content (AvgIpc) is 2.26. The minimum absolute atomic E-state index is 0.242. The Kier molecular flexibility index (Phi) is 5.65. The lowest BCUT2D eigenvalue weighted by Gasteiger charge is -2.09. The first-order chi connectivity index (χ1) is 7.27. The van der Waals surface area contributed by atoms with Gasteiger partial charge in [0.2, 0.25) is 0 Å². The molecule has 0 spiro atoms. The highest BCUT2D eigenvalue weighted by molar-refractivity contribution is 9.08. The number of methoxy groups -OCH3 is 1. The smallest absolute Gasteiger partial charge is 0.123 e. The van der Waals surface area contributed by atoms with Gasteiger partial charge in [-0.2, -0.15) is 0 Å². The summed E-state index contributed by atoms with van der Waals surface area (Å²) < 4.78 is 23.3. The summed E-state index contributed by atoms with van der Waals surface area (Å²) in [5.41, 5.74) is 0.826. The van der Waals surface area contributed by atoms with Crippen LogP contribution < -0.4 is 4.74 Å². The van der Waals surface area contributed by atoms with Gasteiger partial charge in [0.05, 0.1) is 6.61 Å². The SMILES string of the molecule is COCCCOc1ccc(F)cc1CBr. The largest absolute Gasteiger partial charge is 0.493 e. The molecule has 0 aliphatic heterocycles. The quantitative estimate of drug-likeness (QED) is 0.587. The van der Waals surface area contributed by atoms with E-state index in [0.29, 0.717) is 18.5 Å². The van der Waals surface area contributed by atoms with Gasteiger partial charge in [-0.05, 0) is 18.2 Å². The van der Waals surface area contributed by atoms with Crippen LogP contribution in [0.25, 0.3) is 0 Å². The minimum Gasteiger partial charge on any atom is -0.493 e. The van der Waals surface area contributed by atoms with Crippen LogP contribution >= 0.6 is 15.9 Å². The van der Waals surface area contributed by atoms with Gasteiger partial charge in [0.25, 0.3) is 0 Å². The Hall–Kier alpha value is -0.610. The zero-order valence-corrected chi connectivity index (χ0v) is 10.2. The Balaban J connectivity index is 2.52. The molecule has 4 heteroatoms. The molecular formula is C11H14BrFO2. The number of halogens is 2. The molecule has 0 aliphatic carbocycles. The van der Waals surface area contributed by atoms with Gasteiger partial charge in [-0.25, -0.2) is 4.39 Å². The van der Waals surface area contributed by atoms with Gasteiger partial charge in [-0.15, -0.1) is 0 Å². The van der Waals surface area contributed by atoms with Crippen molar-refractivity contribution in [3.8, 4) is 5.75 Å². The van der Waals surface area contributed by atoms with E-state index >= 15 is 0 Å². The lowest BCUT2D eigenvalue weighted by Crippen LogP contribution is -2.03. The molecule has 0 amide bonds. The van der Waals surface area contributed by atoms with Crippen LogP contribution in [-0.4, -0.2) is 20.3 Å². The third-order valence-electron chi connectivity index (χ3n) is 1.92. The van der Waals surface area contributed by atoms with E-state index in [1.807, 2.05) is 0 Å². The van der Waals surface area contributed by atoms with Crippen molar-refractivity contribution in [2.75, 3.05) is 20.3 Å². The fraction of sp³-hybridized carbons (Fsp3) is 0.455. The van der Waals surface area contributed by atoms with E-state index < -0.39 is 0 Å². The zero-order chi connectivity index (χ0) is 11.1. The second-order valence-corrected chi connectivity index (χ2v) is 3.64. The van der Waals surface area contributed by atoms with Crippen molar-refractivity contribution in [3.05, 3.63) is 29.6 Å². The molecule has 2 nitrogen and oxygen atoms in total. The third-order valence-corrected chi connectivity index (χ3v) is 2.52. The van der Waals surface area contributed by atoms with Crippen LogP contribution in [0.15, 0.2) is 18.2 Å². The monoisotopic (exact) mass is 276 g/mol. The molecule has 0 radical (unpaired) electrons. The number of rotatable bonds is 6. The maximum absolute atomic E-state index is 12.9. The van der Waals surface area contributed by atoms with E-state index in [1.165, 1.54) is 12.1 Å². The van der Waals surface area contributed by atoms with Crippen LogP contribution in [0.4, 0.5) is 4.39 Å². The number of hydrogen-bond donors (Lipinski definition) is 0. The summed E-state index contributed by atoms with van der Waals surface area (Å²) in [5.74, 6) is 0.484. The molecular weight excluding hydrogens is 263 g/mol. The molecule has 0 heterocycles. The van der Waals surface area contributed by atoms with Crippen LogP contribution in [0.3, 0.4) is 0 Å². The van der Waals surface area contributed by atoms with Crippen LogP contribution in [0, 0.1) is 5.82 Å². The summed E-state index contributed by atoms with van der Waals surface area (Å²) in [5, 5.41) is 0.588. The zero-order valence-electron chi connectivity index (χ0n) is 8.63. The normalized spacial score (nSPS) is 10.3. The second kappa shape index (κ2) is 6.80. The third kappa shape index (κ3) is 4.18. The first-order valence-corrected chi connectivity index (χ1v) is 5.86. The lowest BCUT2D eigenvalue weighted by molar-refractivity contribution is 0.172.